The van der Waals surface area contributed by atoms with Crippen LogP contribution in [-0.4, -0.2) is 43.1 Å². The van der Waals surface area contributed by atoms with Crippen molar-refractivity contribution in [1.29, 1.82) is 0 Å². The monoisotopic (exact) mass is 305 g/mol. The number of rotatable bonds is 5. The molecule has 5 heteroatoms. The summed E-state index contributed by atoms with van der Waals surface area (Å²) < 4.78 is 10.2. The first-order chi connectivity index (χ1) is 10.6. The highest BCUT2D eigenvalue weighted by Crippen LogP contribution is 2.28. The Bertz CT molecular complexity index is 503. The van der Waals surface area contributed by atoms with E-state index in [-0.39, 0.29) is 30.4 Å². The normalized spacial score (nSPS) is 21.5. The van der Waals surface area contributed by atoms with Gasteiger partial charge in [0.2, 0.25) is 5.91 Å². The summed E-state index contributed by atoms with van der Waals surface area (Å²) in [6.45, 7) is 3.05. The van der Waals surface area contributed by atoms with Gasteiger partial charge >= 0.3 is 5.97 Å². The SMILES string of the molecule is COC(=O)CCCC(=O)N1[C@H](C)COC[C@@H]1c1ccccc1. The van der Waals surface area contributed by atoms with E-state index in [1.54, 1.807) is 0 Å². The lowest BCUT2D eigenvalue weighted by atomic mass is 10.0. The van der Waals surface area contributed by atoms with Crippen LogP contribution >= 0.6 is 0 Å². The van der Waals surface area contributed by atoms with Gasteiger partial charge in [0.1, 0.15) is 0 Å². The van der Waals surface area contributed by atoms with Crippen molar-refractivity contribution in [3.05, 3.63) is 35.9 Å². The first-order valence-corrected chi connectivity index (χ1v) is 7.64. The maximum Gasteiger partial charge on any atom is 0.305 e. The van der Waals surface area contributed by atoms with Gasteiger partial charge in [-0.1, -0.05) is 30.3 Å². The van der Waals surface area contributed by atoms with Gasteiger partial charge in [-0.05, 0) is 18.9 Å². The summed E-state index contributed by atoms with van der Waals surface area (Å²) in [6, 6.07) is 9.89. The van der Waals surface area contributed by atoms with Gasteiger partial charge in [0.15, 0.2) is 0 Å². The van der Waals surface area contributed by atoms with Crippen molar-refractivity contribution < 1.29 is 19.1 Å². The molecule has 1 aliphatic heterocycles. The summed E-state index contributed by atoms with van der Waals surface area (Å²) in [6.07, 6.45) is 1.14. The molecule has 0 N–H and O–H groups in total. The van der Waals surface area contributed by atoms with Gasteiger partial charge in [0.25, 0.3) is 0 Å². The summed E-state index contributed by atoms with van der Waals surface area (Å²) in [5.41, 5.74) is 1.08. The molecule has 1 aromatic carbocycles. The summed E-state index contributed by atoms with van der Waals surface area (Å²) in [5, 5.41) is 0. The average Bonchev–Trinajstić information content (AvgIpc) is 2.55. The molecule has 120 valence electrons. The van der Waals surface area contributed by atoms with Crippen LogP contribution < -0.4 is 0 Å². The highest BCUT2D eigenvalue weighted by molar-refractivity contribution is 5.78. The first-order valence-electron chi connectivity index (χ1n) is 7.64. The zero-order valence-corrected chi connectivity index (χ0v) is 13.2. The van der Waals surface area contributed by atoms with E-state index in [1.807, 2.05) is 42.2 Å². The van der Waals surface area contributed by atoms with Crippen LogP contribution in [0, 0.1) is 0 Å². The summed E-state index contributed by atoms with van der Waals surface area (Å²) in [7, 11) is 1.36. The fraction of sp³-hybridized carbons (Fsp3) is 0.529. The Kier molecular flexibility index (Phi) is 5.95. The number of carbonyl (C=O) groups is 2. The van der Waals surface area contributed by atoms with E-state index in [4.69, 9.17) is 4.74 Å². The molecule has 1 aliphatic rings. The number of ether oxygens (including phenoxy) is 2. The number of hydrogen-bond acceptors (Lipinski definition) is 4. The van der Waals surface area contributed by atoms with Gasteiger partial charge in [-0.15, -0.1) is 0 Å². The van der Waals surface area contributed by atoms with Crippen LogP contribution in [0.25, 0.3) is 0 Å². The molecular formula is C17H23NO4. The van der Waals surface area contributed by atoms with E-state index in [1.165, 1.54) is 7.11 Å². The molecule has 0 aliphatic carbocycles. The fourth-order valence-electron chi connectivity index (χ4n) is 2.78. The zero-order valence-electron chi connectivity index (χ0n) is 13.2. The second-order valence-electron chi connectivity index (χ2n) is 5.54. The Labute approximate surface area is 131 Å². The van der Waals surface area contributed by atoms with Crippen molar-refractivity contribution in [1.82, 2.24) is 4.90 Å². The molecule has 5 nitrogen and oxygen atoms in total. The zero-order chi connectivity index (χ0) is 15.9. The summed E-state index contributed by atoms with van der Waals surface area (Å²) in [5.74, 6) is -0.212. The third-order valence-electron chi connectivity index (χ3n) is 3.92. The highest BCUT2D eigenvalue weighted by Gasteiger charge is 2.32. The Morgan fingerprint density at radius 1 is 1.23 bits per heavy atom. The average molecular weight is 305 g/mol. The second kappa shape index (κ2) is 7.94. The predicted octanol–water partition coefficient (Wildman–Crippen LogP) is 2.32. The maximum atomic E-state index is 12.6. The number of morpholine rings is 1. The van der Waals surface area contributed by atoms with Gasteiger partial charge in [-0.25, -0.2) is 0 Å². The third kappa shape index (κ3) is 4.07. The molecule has 1 saturated heterocycles. The second-order valence-corrected chi connectivity index (χ2v) is 5.54. The van der Waals surface area contributed by atoms with E-state index in [2.05, 4.69) is 4.74 Å². The predicted molar refractivity (Wildman–Crippen MR) is 82.2 cm³/mol. The van der Waals surface area contributed by atoms with E-state index < -0.39 is 0 Å². The summed E-state index contributed by atoms with van der Waals surface area (Å²) >= 11 is 0. The molecule has 0 bridgehead atoms. The molecule has 0 spiro atoms. The van der Waals surface area contributed by atoms with Crippen molar-refractivity contribution >= 4 is 11.9 Å². The number of amides is 1. The van der Waals surface area contributed by atoms with Crippen LogP contribution in [0.4, 0.5) is 0 Å². The van der Waals surface area contributed by atoms with Crippen LogP contribution in [0.5, 0.6) is 0 Å². The molecule has 0 radical (unpaired) electrons. The smallest absolute Gasteiger partial charge is 0.305 e. The van der Waals surface area contributed by atoms with Crippen molar-refractivity contribution in [2.45, 2.75) is 38.3 Å². The molecule has 1 heterocycles. The van der Waals surface area contributed by atoms with Gasteiger partial charge in [-0.2, -0.15) is 0 Å². The maximum absolute atomic E-state index is 12.6. The Morgan fingerprint density at radius 3 is 2.64 bits per heavy atom. The van der Waals surface area contributed by atoms with Gasteiger partial charge in [0, 0.05) is 12.8 Å². The lowest BCUT2D eigenvalue weighted by molar-refractivity contribution is -0.146. The van der Waals surface area contributed by atoms with E-state index in [0.717, 1.165) is 5.56 Å². The van der Waals surface area contributed by atoms with Crippen LogP contribution in [0.3, 0.4) is 0 Å². The number of esters is 1. The largest absolute Gasteiger partial charge is 0.469 e. The molecule has 2 atom stereocenters. The van der Waals surface area contributed by atoms with E-state index in [9.17, 15) is 9.59 Å². The number of benzene rings is 1. The fourth-order valence-corrected chi connectivity index (χ4v) is 2.78. The number of methoxy groups -OCH3 is 1. The van der Waals surface area contributed by atoms with Crippen LogP contribution in [0.1, 0.15) is 37.8 Å². The lowest BCUT2D eigenvalue weighted by Gasteiger charge is -2.41. The van der Waals surface area contributed by atoms with Crippen LogP contribution in [-0.2, 0) is 19.1 Å². The van der Waals surface area contributed by atoms with Crippen molar-refractivity contribution in [2.24, 2.45) is 0 Å². The minimum absolute atomic E-state index is 0.0320. The summed E-state index contributed by atoms with van der Waals surface area (Å²) in [4.78, 5) is 25.6. The topological polar surface area (TPSA) is 55.8 Å². The van der Waals surface area contributed by atoms with E-state index >= 15 is 0 Å². The number of carbonyl (C=O) groups excluding carboxylic acids is 2. The van der Waals surface area contributed by atoms with Crippen molar-refractivity contribution in [3.8, 4) is 0 Å². The van der Waals surface area contributed by atoms with Crippen LogP contribution in [0.2, 0.25) is 0 Å². The minimum atomic E-state index is -0.276. The minimum Gasteiger partial charge on any atom is -0.469 e. The molecule has 0 saturated carbocycles. The first kappa shape index (κ1) is 16.5. The third-order valence-corrected chi connectivity index (χ3v) is 3.92. The molecule has 1 amide bonds. The molecule has 2 rings (SSSR count). The van der Waals surface area contributed by atoms with Gasteiger partial charge in [-0.3, -0.25) is 9.59 Å². The molecular weight excluding hydrogens is 282 g/mol. The molecule has 0 unspecified atom stereocenters. The molecule has 1 fully saturated rings. The molecule has 22 heavy (non-hydrogen) atoms. The lowest BCUT2D eigenvalue weighted by Crippen LogP contribution is -2.49. The quantitative estimate of drug-likeness (QED) is 0.783. The van der Waals surface area contributed by atoms with Crippen LogP contribution in [0.15, 0.2) is 30.3 Å². The van der Waals surface area contributed by atoms with E-state index in [0.29, 0.717) is 26.1 Å². The molecule has 1 aromatic rings. The van der Waals surface area contributed by atoms with Gasteiger partial charge < -0.3 is 14.4 Å². The number of hydrogen-bond donors (Lipinski definition) is 0. The highest BCUT2D eigenvalue weighted by atomic mass is 16.5. The number of nitrogens with zero attached hydrogens (tertiary/aromatic N) is 1. The standard InChI is InChI=1S/C17H23NO4/c1-13-11-22-12-15(14-7-4-3-5-8-14)18(13)16(19)9-6-10-17(20)21-2/h3-5,7-8,13,15H,6,9-12H2,1-2H3/t13-,15-/m1/s1. The van der Waals surface area contributed by atoms with Crippen molar-refractivity contribution in [3.63, 3.8) is 0 Å². The van der Waals surface area contributed by atoms with Crippen molar-refractivity contribution in [2.75, 3.05) is 20.3 Å². The Morgan fingerprint density at radius 2 is 1.95 bits per heavy atom. The van der Waals surface area contributed by atoms with Gasteiger partial charge in [0.05, 0.1) is 32.4 Å². The Hall–Kier alpha value is -1.88. The molecule has 0 aromatic heterocycles. The Balaban J connectivity index is 2.03.